The zero-order chi connectivity index (χ0) is 47.1. The highest BCUT2D eigenvalue weighted by Crippen LogP contribution is 2.43. The Hall–Kier alpha value is -0.760. The summed E-state index contributed by atoms with van der Waals surface area (Å²) < 4.78 is 23.4. The molecular weight excluding hydrogens is 816 g/mol. The molecule has 0 aromatic heterocycles. The number of likely N-dealkylation sites (N-methyl/N-ethyl adjacent to an activating group) is 1. The minimum atomic E-state index is -4.32. The van der Waals surface area contributed by atoms with Crippen LogP contribution in [0.15, 0.2) is 12.2 Å². The van der Waals surface area contributed by atoms with E-state index in [0.29, 0.717) is 17.4 Å². The van der Waals surface area contributed by atoms with E-state index in [-0.39, 0.29) is 19.1 Å². The Kier molecular flexibility index (Phi) is 46.8. The van der Waals surface area contributed by atoms with Crippen molar-refractivity contribution >= 4 is 13.7 Å². The van der Waals surface area contributed by atoms with Crippen molar-refractivity contribution in [1.29, 1.82) is 0 Å². The molecule has 8 nitrogen and oxygen atoms in total. The first-order chi connectivity index (χ1) is 31.0. The maximum Gasteiger partial charge on any atom is 0.472 e. The lowest BCUT2D eigenvalue weighted by Crippen LogP contribution is -2.45. The number of carbonyl (C=O) groups is 1. The molecule has 3 atom stereocenters. The van der Waals surface area contributed by atoms with Crippen molar-refractivity contribution in [2.45, 2.75) is 296 Å². The summed E-state index contributed by atoms with van der Waals surface area (Å²) in [5.74, 6) is -0.179. The van der Waals surface area contributed by atoms with E-state index in [1.54, 1.807) is 6.08 Å². The summed E-state index contributed by atoms with van der Waals surface area (Å²) in [6.45, 7) is 4.73. The topological polar surface area (TPSA) is 105 Å². The Labute approximate surface area is 399 Å². The van der Waals surface area contributed by atoms with Gasteiger partial charge in [-0.05, 0) is 19.3 Å². The van der Waals surface area contributed by atoms with Crippen LogP contribution >= 0.6 is 7.82 Å². The second kappa shape index (κ2) is 47.3. The van der Waals surface area contributed by atoms with E-state index >= 15 is 0 Å². The van der Waals surface area contributed by atoms with Gasteiger partial charge in [0.1, 0.15) is 13.2 Å². The van der Waals surface area contributed by atoms with Gasteiger partial charge in [0.2, 0.25) is 5.91 Å². The number of unbranched alkanes of at least 4 members (excludes halogenated alkanes) is 39. The van der Waals surface area contributed by atoms with E-state index in [1.165, 1.54) is 218 Å². The first-order valence-electron chi connectivity index (χ1n) is 28.1. The van der Waals surface area contributed by atoms with Gasteiger partial charge in [0.25, 0.3) is 0 Å². The fourth-order valence-corrected chi connectivity index (χ4v) is 9.31. The molecule has 9 heteroatoms. The van der Waals surface area contributed by atoms with Crippen LogP contribution in [0.25, 0.3) is 0 Å². The van der Waals surface area contributed by atoms with Gasteiger partial charge in [-0.15, -0.1) is 0 Å². The van der Waals surface area contributed by atoms with Crippen molar-refractivity contribution in [3.63, 3.8) is 0 Å². The second-order valence-corrected chi connectivity index (χ2v) is 22.1. The van der Waals surface area contributed by atoms with Crippen molar-refractivity contribution < 1.29 is 32.9 Å². The number of hydrogen-bond donors (Lipinski definition) is 3. The number of nitrogens with zero attached hydrogens (tertiary/aromatic N) is 1. The molecule has 0 aromatic carbocycles. The Bertz CT molecular complexity index is 1050. The van der Waals surface area contributed by atoms with Gasteiger partial charge in [-0.3, -0.25) is 13.8 Å². The van der Waals surface area contributed by atoms with Crippen LogP contribution in [0.2, 0.25) is 0 Å². The highest BCUT2D eigenvalue weighted by molar-refractivity contribution is 7.47. The monoisotopic (exact) mass is 928 g/mol. The Morgan fingerprint density at radius 3 is 1.16 bits per heavy atom. The van der Waals surface area contributed by atoms with Crippen LogP contribution in [0, 0.1) is 0 Å². The van der Waals surface area contributed by atoms with Crippen LogP contribution in [-0.4, -0.2) is 73.4 Å². The number of amides is 1. The van der Waals surface area contributed by atoms with Gasteiger partial charge < -0.3 is 19.8 Å². The van der Waals surface area contributed by atoms with Gasteiger partial charge in [0.05, 0.1) is 39.9 Å². The van der Waals surface area contributed by atoms with Gasteiger partial charge in [0.15, 0.2) is 0 Å². The molecule has 0 heterocycles. The van der Waals surface area contributed by atoms with Gasteiger partial charge in [-0.1, -0.05) is 270 Å². The minimum absolute atomic E-state index is 0.0635. The lowest BCUT2D eigenvalue weighted by molar-refractivity contribution is -0.870. The molecule has 0 aliphatic heterocycles. The fraction of sp³-hybridized carbons (Fsp3) is 0.945. The number of carbonyl (C=O) groups excluding carboxylic acids is 1. The number of aliphatic hydroxyl groups is 1. The molecule has 3 unspecified atom stereocenters. The van der Waals surface area contributed by atoms with Crippen molar-refractivity contribution in [1.82, 2.24) is 5.32 Å². The summed E-state index contributed by atoms with van der Waals surface area (Å²) in [6, 6.07) is -0.838. The third-order valence-electron chi connectivity index (χ3n) is 13.0. The SMILES string of the molecule is CCCCC/C=C/C(O)C(COP(=O)(O)OCC[N+](C)(C)C)NC(=O)CCCCCCCCCCCCCCCCCCCCCCCCCCCCCCCCCCCCCCC. The van der Waals surface area contributed by atoms with E-state index in [2.05, 4.69) is 19.2 Å². The van der Waals surface area contributed by atoms with Crippen molar-refractivity contribution in [3.05, 3.63) is 12.2 Å². The molecule has 0 bridgehead atoms. The maximum absolute atomic E-state index is 12.8. The summed E-state index contributed by atoms with van der Waals surface area (Å²) >= 11 is 0. The number of nitrogens with one attached hydrogen (secondary N) is 1. The molecule has 64 heavy (non-hydrogen) atoms. The first kappa shape index (κ1) is 63.2. The quantitative estimate of drug-likeness (QED) is 0.0243. The number of rotatable bonds is 52. The number of phosphoric ester groups is 1. The molecule has 1 amide bonds. The van der Waals surface area contributed by atoms with Crippen molar-refractivity contribution in [3.8, 4) is 0 Å². The van der Waals surface area contributed by atoms with Gasteiger partial charge >= 0.3 is 7.82 Å². The molecule has 0 saturated heterocycles. The molecule has 3 N–H and O–H groups in total. The van der Waals surface area contributed by atoms with Gasteiger partial charge in [-0.25, -0.2) is 4.57 Å². The standard InChI is InChI=1S/C55H111N2O6P/c1-6-8-10-12-13-14-15-16-17-18-19-20-21-22-23-24-25-26-27-28-29-30-31-32-33-34-35-36-37-38-39-40-41-42-43-45-47-49-55(59)56-53(54(58)48-46-44-11-9-7-2)52-63-64(60,61)62-51-50-57(3,4)5/h46,48,53-54,58H,6-45,47,49-52H2,1-5H3,(H-,56,59,60,61)/p+1/b48-46+. The van der Waals surface area contributed by atoms with Crippen LogP contribution in [0.5, 0.6) is 0 Å². The highest BCUT2D eigenvalue weighted by Gasteiger charge is 2.27. The average Bonchev–Trinajstić information content (AvgIpc) is 3.25. The number of phosphoric acid groups is 1. The van der Waals surface area contributed by atoms with Crippen LogP contribution in [0.3, 0.4) is 0 Å². The van der Waals surface area contributed by atoms with Crippen LogP contribution in [-0.2, 0) is 18.4 Å². The predicted octanol–water partition coefficient (Wildman–Crippen LogP) is 16.7. The first-order valence-corrected chi connectivity index (χ1v) is 29.6. The maximum atomic E-state index is 12.8. The van der Waals surface area contributed by atoms with Gasteiger partial charge in [-0.2, -0.15) is 0 Å². The summed E-state index contributed by atoms with van der Waals surface area (Å²) in [5.41, 5.74) is 0. The highest BCUT2D eigenvalue weighted by atomic mass is 31.2. The van der Waals surface area contributed by atoms with E-state index < -0.39 is 20.0 Å². The van der Waals surface area contributed by atoms with Crippen molar-refractivity contribution in [2.75, 3.05) is 40.9 Å². The van der Waals surface area contributed by atoms with E-state index in [9.17, 15) is 19.4 Å². The molecule has 0 saturated carbocycles. The lowest BCUT2D eigenvalue weighted by Gasteiger charge is -2.25. The second-order valence-electron chi connectivity index (χ2n) is 20.7. The molecule has 0 aromatic rings. The number of quaternary nitrogens is 1. The number of hydrogen-bond acceptors (Lipinski definition) is 5. The smallest absolute Gasteiger partial charge is 0.387 e. The van der Waals surface area contributed by atoms with E-state index in [0.717, 1.165) is 44.9 Å². The minimum Gasteiger partial charge on any atom is -0.387 e. The average molecular weight is 928 g/mol. The summed E-state index contributed by atoms with van der Waals surface area (Å²) in [5, 5.41) is 13.6. The Balaban J connectivity index is 3.65. The summed E-state index contributed by atoms with van der Waals surface area (Å²) in [4.78, 5) is 23.0. The molecule has 0 rings (SSSR count). The van der Waals surface area contributed by atoms with E-state index in [1.807, 2.05) is 27.2 Å². The van der Waals surface area contributed by atoms with Crippen LogP contribution < -0.4 is 5.32 Å². The zero-order valence-electron chi connectivity index (χ0n) is 43.6. The normalized spacial score (nSPS) is 14.0. The molecule has 0 fully saturated rings. The zero-order valence-corrected chi connectivity index (χ0v) is 44.4. The fourth-order valence-electron chi connectivity index (χ4n) is 8.57. The van der Waals surface area contributed by atoms with Crippen LogP contribution in [0.1, 0.15) is 284 Å². The van der Waals surface area contributed by atoms with Crippen LogP contribution in [0.4, 0.5) is 0 Å². The van der Waals surface area contributed by atoms with Crippen molar-refractivity contribution in [2.24, 2.45) is 0 Å². The molecule has 0 aliphatic rings. The molecule has 0 spiro atoms. The van der Waals surface area contributed by atoms with Gasteiger partial charge in [0, 0.05) is 6.42 Å². The third kappa shape index (κ3) is 49.2. The third-order valence-corrected chi connectivity index (χ3v) is 14.0. The van der Waals surface area contributed by atoms with E-state index in [4.69, 9.17) is 9.05 Å². The number of allylic oxidation sites excluding steroid dienone is 1. The largest absolute Gasteiger partial charge is 0.472 e. The summed E-state index contributed by atoms with van der Waals surface area (Å²) in [7, 11) is 1.58. The Morgan fingerprint density at radius 1 is 0.516 bits per heavy atom. The molecule has 382 valence electrons. The molecule has 0 aliphatic carbocycles. The molecule has 0 radical (unpaired) electrons. The summed E-state index contributed by atoms with van der Waals surface area (Å²) in [6.07, 6.45) is 58.3. The lowest BCUT2D eigenvalue weighted by atomic mass is 10.0. The predicted molar refractivity (Wildman–Crippen MR) is 277 cm³/mol. The Morgan fingerprint density at radius 2 is 0.828 bits per heavy atom. The number of aliphatic hydroxyl groups excluding tert-OH is 1. The molecular formula is C55H112N2O6P+.